The summed E-state index contributed by atoms with van der Waals surface area (Å²) in [5.41, 5.74) is 6.94. The number of hydrogen-bond acceptors (Lipinski definition) is 9. The molecule has 5 rings (SSSR count). The number of para-hydroxylation sites is 2. The SMILES string of the molecule is Nc1cncc(-c2nc(N3CCOCC3)nc(-n3c(C(F)F)nc4ccccc43)n2)n1. The van der Waals surface area contributed by atoms with Crippen molar-refractivity contribution in [2.45, 2.75) is 6.43 Å². The van der Waals surface area contributed by atoms with Gasteiger partial charge in [-0.15, -0.1) is 0 Å². The van der Waals surface area contributed by atoms with Gasteiger partial charge >= 0.3 is 0 Å². The number of benzene rings is 1. The standard InChI is InChI=1S/C19H17F2N9O/c20-15(21)17-25-11-3-1-2-4-13(11)30(17)19-27-16(12-9-23-10-14(22)24-12)26-18(28-19)29-5-7-31-8-6-29/h1-4,9-10,15H,5-8H2,(H2,22,24). The fourth-order valence-electron chi connectivity index (χ4n) is 3.36. The molecule has 0 bridgehead atoms. The van der Waals surface area contributed by atoms with E-state index in [0.717, 1.165) is 0 Å². The van der Waals surface area contributed by atoms with Crippen molar-refractivity contribution in [1.82, 2.24) is 34.5 Å². The maximum atomic E-state index is 13.9. The first-order chi connectivity index (χ1) is 15.1. The van der Waals surface area contributed by atoms with Crippen molar-refractivity contribution in [2.24, 2.45) is 0 Å². The third kappa shape index (κ3) is 3.61. The van der Waals surface area contributed by atoms with E-state index in [1.807, 2.05) is 4.90 Å². The maximum absolute atomic E-state index is 13.9. The number of halogens is 2. The topological polar surface area (TPSA) is 121 Å². The first-order valence-corrected chi connectivity index (χ1v) is 9.53. The van der Waals surface area contributed by atoms with E-state index in [9.17, 15) is 8.78 Å². The molecule has 31 heavy (non-hydrogen) atoms. The van der Waals surface area contributed by atoms with Crippen LogP contribution in [-0.4, -0.2) is 60.8 Å². The molecule has 1 aliphatic rings. The Morgan fingerprint density at radius 3 is 2.48 bits per heavy atom. The Morgan fingerprint density at radius 1 is 0.935 bits per heavy atom. The summed E-state index contributed by atoms with van der Waals surface area (Å²) in [5.74, 6) is 0.244. The molecule has 0 radical (unpaired) electrons. The smallest absolute Gasteiger partial charge is 0.296 e. The number of imidazole rings is 1. The van der Waals surface area contributed by atoms with Gasteiger partial charge in [0.2, 0.25) is 11.9 Å². The Labute approximate surface area is 174 Å². The number of hydrogen-bond donors (Lipinski definition) is 1. The number of aromatic nitrogens is 7. The molecule has 4 heterocycles. The number of ether oxygens (including phenoxy) is 1. The molecule has 1 aromatic carbocycles. The molecule has 0 spiro atoms. The van der Waals surface area contributed by atoms with E-state index in [1.54, 1.807) is 24.3 Å². The van der Waals surface area contributed by atoms with Gasteiger partial charge in [0, 0.05) is 13.1 Å². The molecule has 10 nitrogen and oxygen atoms in total. The predicted molar refractivity (Wildman–Crippen MR) is 108 cm³/mol. The minimum absolute atomic E-state index is 0.0136. The largest absolute Gasteiger partial charge is 0.382 e. The second-order valence-electron chi connectivity index (χ2n) is 6.78. The zero-order valence-corrected chi connectivity index (χ0v) is 16.2. The van der Waals surface area contributed by atoms with Crippen molar-refractivity contribution in [2.75, 3.05) is 36.9 Å². The molecular formula is C19H17F2N9O. The van der Waals surface area contributed by atoms with Crippen LogP contribution in [-0.2, 0) is 4.74 Å². The Bertz CT molecular complexity index is 1240. The second-order valence-corrected chi connectivity index (χ2v) is 6.78. The highest BCUT2D eigenvalue weighted by Crippen LogP contribution is 2.28. The lowest BCUT2D eigenvalue weighted by molar-refractivity contribution is 0.122. The van der Waals surface area contributed by atoms with Crippen molar-refractivity contribution in [3.63, 3.8) is 0 Å². The van der Waals surface area contributed by atoms with Crippen molar-refractivity contribution >= 4 is 22.8 Å². The first-order valence-electron chi connectivity index (χ1n) is 9.53. The van der Waals surface area contributed by atoms with E-state index in [1.165, 1.54) is 17.0 Å². The van der Waals surface area contributed by atoms with Crippen LogP contribution in [0.4, 0.5) is 20.5 Å². The number of alkyl halides is 2. The van der Waals surface area contributed by atoms with Gasteiger partial charge in [0.05, 0.1) is 36.6 Å². The average Bonchev–Trinajstić information content (AvgIpc) is 3.19. The van der Waals surface area contributed by atoms with Crippen LogP contribution in [0.25, 0.3) is 28.5 Å². The van der Waals surface area contributed by atoms with Gasteiger partial charge < -0.3 is 15.4 Å². The number of morpholine rings is 1. The van der Waals surface area contributed by atoms with E-state index in [0.29, 0.717) is 49.0 Å². The van der Waals surface area contributed by atoms with Crippen molar-refractivity contribution in [1.29, 1.82) is 0 Å². The van der Waals surface area contributed by atoms with Gasteiger partial charge in [-0.1, -0.05) is 12.1 Å². The quantitative estimate of drug-likeness (QED) is 0.523. The minimum Gasteiger partial charge on any atom is -0.382 e. The van der Waals surface area contributed by atoms with Crippen molar-refractivity contribution in [3.8, 4) is 17.5 Å². The van der Waals surface area contributed by atoms with Crippen LogP contribution in [0, 0.1) is 0 Å². The van der Waals surface area contributed by atoms with Gasteiger partial charge in [-0.25, -0.2) is 18.7 Å². The number of anilines is 2. The van der Waals surface area contributed by atoms with Gasteiger partial charge in [0.1, 0.15) is 11.5 Å². The lowest BCUT2D eigenvalue weighted by Crippen LogP contribution is -2.37. The van der Waals surface area contributed by atoms with Crippen LogP contribution in [0.3, 0.4) is 0 Å². The summed E-state index contributed by atoms with van der Waals surface area (Å²) in [5, 5.41) is 0. The Balaban J connectivity index is 1.74. The maximum Gasteiger partial charge on any atom is 0.296 e. The third-order valence-corrected chi connectivity index (χ3v) is 4.77. The molecule has 0 amide bonds. The van der Waals surface area contributed by atoms with E-state index in [4.69, 9.17) is 10.5 Å². The Hall–Kier alpha value is -3.80. The normalized spacial score (nSPS) is 14.5. The highest BCUT2D eigenvalue weighted by molar-refractivity contribution is 5.77. The summed E-state index contributed by atoms with van der Waals surface area (Å²) >= 11 is 0. The first kappa shape index (κ1) is 19.2. The van der Waals surface area contributed by atoms with E-state index >= 15 is 0 Å². The molecule has 1 fully saturated rings. The zero-order chi connectivity index (χ0) is 21.4. The molecule has 12 heteroatoms. The molecule has 0 unspecified atom stereocenters. The number of nitrogens with two attached hydrogens (primary N) is 1. The molecule has 2 N–H and O–H groups in total. The molecule has 1 aliphatic heterocycles. The number of fused-ring (bicyclic) bond motifs is 1. The number of rotatable bonds is 4. The summed E-state index contributed by atoms with van der Waals surface area (Å²) in [6.07, 6.45) is 0.0253. The lowest BCUT2D eigenvalue weighted by atomic mass is 10.3. The molecule has 0 aliphatic carbocycles. The fraction of sp³-hybridized carbons (Fsp3) is 0.263. The molecular weight excluding hydrogens is 408 g/mol. The molecule has 4 aromatic rings. The van der Waals surface area contributed by atoms with E-state index < -0.39 is 12.2 Å². The summed E-state index contributed by atoms with van der Waals surface area (Å²) in [6.45, 7) is 2.12. The van der Waals surface area contributed by atoms with Crippen LogP contribution in [0.15, 0.2) is 36.7 Å². The predicted octanol–water partition coefficient (Wildman–Crippen LogP) is 2.02. The van der Waals surface area contributed by atoms with Gasteiger partial charge in [0.25, 0.3) is 6.43 Å². The summed E-state index contributed by atoms with van der Waals surface area (Å²) in [7, 11) is 0. The summed E-state index contributed by atoms with van der Waals surface area (Å²) in [4.78, 5) is 27.7. The minimum atomic E-state index is -2.83. The van der Waals surface area contributed by atoms with Gasteiger partial charge in [-0.05, 0) is 12.1 Å². The molecule has 0 atom stereocenters. The molecule has 3 aromatic heterocycles. The highest BCUT2D eigenvalue weighted by Gasteiger charge is 2.24. The highest BCUT2D eigenvalue weighted by atomic mass is 19.3. The lowest BCUT2D eigenvalue weighted by Gasteiger charge is -2.27. The van der Waals surface area contributed by atoms with Crippen molar-refractivity contribution in [3.05, 3.63) is 42.5 Å². The monoisotopic (exact) mass is 425 g/mol. The molecule has 158 valence electrons. The van der Waals surface area contributed by atoms with Crippen LogP contribution in [0.2, 0.25) is 0 Å². The zero-order valence-electron chi connectivity index (χ0n) is 16.2. The third-order valence-electron chi connectivity index (χ3n) is 4.77. The van der Waals surface area contributed by atoms with Crippen molar-refractivity contribution < 1.29 is 13.5 Å². The van der Waals surface area contributed by atoms with Crippen LogP contribution < -0.4 is 10.6 Å². The van der Waals surface area contributed by atoms with Gasteiger partial charge in [0.15, 0.2) is 11.6 Å². The van der Waals surface area contributed by atoms with Gasteiger partial charge in [-0.2, -0.15) is 15.0 Å². The average molecular weight is 425 g/mol. The fourth-order valence-corrected chi connectivity index (χ4v) is 3.36. The number of nitrogen functional groups attached to an aromatic ring is 1. The van der Waals surface area contributed by atoms with E-state index in [2.05, 4.69) is 29.9 Å². The Kier molecular flexibility index (Phi) is 4.82. The number of nitrogens with zero attached hydrogens (tertiary/aromatic N) is 8. The van der Waals surface area contributed by atoms with Gasteiger partial charge in [-0.3, -0.25) is 9.55 Å². The summed E-state index contributed by atoms with van der Waals surface area (Å²) < 4.78 is 34.4. The Morgan fingerprint density at radius 2 is 1.71 bits per heavy atom. The molecule has 1 saturated heterocycles. The van der Waals surface area contributed by atoms with E-state index in [-0.39, 0.29) is 17.6 Å². The van der Waals surface area contributed by atoms with Crippen LogP contribution in [0.1, 0.15) is 12.2 Å². The summed E-state index contributed by atoms with van der Waals surface area (Å²) in [6, 6.07) is 6.82. The van der Waals surface area contributed by atoms with Crippen LogP contribution >= 0.6 is 0 Å². The second kappa shape index (κ2) is 7.80. The molecule has 0 saturated carbocycles. The van der Waals surface area contributed by atoms with Crippen LogP contribution in [0.5, 0.6) is 0 Å².